The van der Waals surface area contributed by atoms with Gasteiger partial charge in [0.15, 0.2) is 0 Å². The summed E-state index contributed by atoms with van der Waals surface area (Å²) in [5.74, 6) is 0.753. The summed E-state index contributed by atoms with van der Waals surface area (Å²) in [4.78, 5) is 9.76. The van der Waals surface area contributed by atoms with E-state index in [-0.39, 0.29) is 28.1 Å². The zero-order valence-corrected chi connectivity index (χ0v) is 20.8. The summed E-state index contributed by atoms with van der Waals surface area (Å²) in [7, 11) is 4.03. The highest BCUT2D eigenvalue weighted by atomic mass is 16.5. The molecule has 9 atom stereocenters. The lowest BCUT2D eigenvalue weighted by molar-refractivity contribution is -0.248. The molecule has 4 aliphatic carbocycles. The van der Waals surface area contributed by atoms with Gasteiger partial charge in [0.1, 0.15) is 0 Å². The van der Waals surface area contributed by atoms with Crippen LogP contribution in [0.1, 0.15) is 51.0 Å². The van der Waals surface area contributed by atoms with E-state index in [1.54, 1.807) is 6.33 Å². The van der Waals surface area contributed by atoms with Gasteiger partial charge in [0, 0.05) is 22.8 Å². The maximum Gasteiger partial charge on any atom is 0.0961 e. The maximum absolute atomic E-state index is 11.5. The Hall–Kier alpha value is -1.99. The van der Waals surface area contributed by atoms with Gasteiger partial charge in [-0.1, -0.05) is 25.1 Å². The van der Waals surface area contributed by atoms with Crippen LogP contribution in [0.25, 0.3) is 16.6 Å². The van der Waals surface area contributed by atoms with Crippen molar-refractivity contribution in [3.63, 3.8) is 0 Å². The van der Waals surface area contributed by atoms with Crippen LogP contribution in [0.2, 0.25) is 0 Å². The molecule has 2 saturated carbocycles. The lowest BCUT2D eigenvalue weighted by atomic mass is 9.57. The standard InChI is InChI=1S/C29H35N3O3/c1-26-9-8-18-19-13-28(19)25(34)24(33)22(32(2)3)14-27(28)10-11-29(18,35-27)23(26)7-5-17(26)16-4-6-20-21(12-16)31-15-30-20/h4-6,8,12,15,19,22-25,33-34H,7,9-11,13-14H2,1-3H3,(H,30,31). The number of nitrogens with zero attached hydrogens (tertiary/aromatic N) is 2. The Balaban J connectivity index is 1.22. The number of aliphatic hydroxyl groups excluding tert-OH is 2. The highest BCUT2D eigenvalue weighted by molar-refractivity contribution is 5.83. The second-order valence-corrected chi connectivity index (χ2v) is 12.8. The Labute approximate surface area is 206 Å². The van der Waals surface area contributed by atoms with E-state index in [9.17, 15) is 10.2 Å². The van der Waals surface area contributed by atoms with E-state index in [2.05, 4.69) is 52.1 Å². The Morgan fingerprint density at radius 3 is 2.83 bits per heavy atom. The van der Waals surface area contributed by atoms with Crippen molar-refractivity contribution in [1.82, 2.24) is 14.9 Å². The molecule has 6 nitrogen and oxygen atoms in total. The van der Waals surface area contributed by atoms with Gasteiger partial charge in [-0.3, -0.25) is 0 Å². The number of hydrogen-bond donors (Lipinski definition) is 3. The fraction of sp³-hybridized carbons (Fsp3) is 0.621. The molecule has 2 aromatic rings. The number of ether oxygens (including phenoxy) is 1. The van der Waals surface area contributed by atoms with E-state index < -0.39 is 12.2 Å². The fourth-order valence-electron chi connectivity index (χ4n) is 9.73. The number of hydrogen-bond acceptors (Lipinski definition) is 5. The van der Waals surface area contributed by atoms with Crippen LogP contribution < -0.4 is 0 Å². The molecule has 184 valence electrons. The highest BCUT2D eigenvalue weighted by Gasteiger charge is 2.84. The number of aliphatic hydroxyl groups is 2. The van der Waals surface area contributed by atoms with Gasteiger partial charge in [0.05, 0.1) is 40.8 Å². The molecule has 3 heterocycles. The molecule has 6 aliphatic rings. The SMILES string of the molecule is CN(C)C1CC23CCC4(O2)C(=CCC2(C)C(c5ccc6nc[nH]c6c5)=CCC24)C2CC23C(O)C1O. The predicted octanol–water partition coefficient (Wildman–Crippen LogP) is 3.67. The summed E-state index contributed by atoms with van der Waals surface area (Å²) in [6.45, 7) is 2.45. The molecule has 2 bridgehead atoms. The second-order valence-electron chi connectivity index (χ2n) is 12.8. The number of likely N-dealkylation sites (N-methyl/N-ethyl adjacent to an activating group) is 1. The quantitative estimate of drug-likeness (QED) is 0.580. The lowest BCUT2D eigenvalue weighted by Gasteiger charge is -2.59. The van der Waals surface area contributed by atoms with E-state index in [4.69, 9.17) is 4.74 Å². The normalized spacial score (nSPS) is 49.3. The van der Waals surface area contributed by atoms with Crippen molar-refractivity contribution in [2.24, 2.45) is 22.7 Å². The summed E-state index contributed by atoms with van der Waals surface area (Å²) in [5.41, 5.74) is 5.39. The van der Waals surface area contributed by atoms with Gasteiger partial charge in [-0.2, -0.15) is 0 Å². The van der Waals surface area contributed by atoms with Crippen molar-refractivity contribution >= 4 is 16.6 Å². The van der Waals surface area contributed by atoms with Gasteiger partial charge in [0.25, 0.3) is 0 Å². The molecule has 3 N–H and O–H groups in total. The molecule has 8 rings (SSSR count). The van der Waals surface area contributed by atoms with Crippen molar-refractivity contribution in [1.29, 1.82) is 0 Å². The van der Waals surface area contributed by atoms with Crippen LogP contribution in [0.5, 0.6) is 0 Å². The maximum atomic E-state index is 11.5. The van der Waals surface area contributed by atoms with Gasteiger partial charge in [-0.25, -0.2) is 4.98 Å². The first-order chi connectivity index (χ1) is 16.8. The Kier molecular flexibility index (Phi) is 3.79. The van der Waals surface area contributed by atoms with E-state index in [0.717, 1.165) is 49.6 Å². The van der Waals surface area contributed by atoms with Crippen LogP contribution in [-0.4, -0.2) is 68.6 Å². The van der Waals surface area contributed by atoms with Crippen LogP contribution in [-0.2, 0) is 4.74 Å². The molecule has 35 heavy (non-hydrogen) atoms. The molecular weight excluding hydrogens is 438 g/mol. The number of benzene rings is 1. The first-order valence-corrected chi connectivity index (χ1v) is 13.3. The van der Waals surface area contributed by atoms with Gasteiger partial charge in [0.2, 0.25) is 0 Å². The minimum Gasteiger partial charge on any atom is -0.390 e. The highest BCUT2D eigenvalue weighted by Crippen LogP contribution is 2.81. The molecule has 1 aromatic heterocycles. The molecule has 2 saturated heterocycles. The Morgan fingerprint density at radius 1 is 1.14 bits per heavy atom. The van der Waals surface area contributed by atoms with Crippen molar-refractivity contribution < 1.29 is 14.9 Å². The van der Waals surface area contributed by atoms with E-state index in [1.807, 2.05) is 14.1 Å². The molecule has 9 unspecified atom stereocenters. The van der Waals surface area contributed by atoms with Crippen molar-refractivity contribution in [2.75, 3.05) is 14.1 Å². The molecule has 2 aliphatic heterocycles. The molecule has 4 fully saturated rings. The number of allylic oxidation sites excluding steroid dienone is 3. The molecule has 0 amide bonds. The third-order valence-electron chi connectivity index (χ3n) is 11.4. The van der Waals surface area contributed by atoms with E-state index in [1.165, 1.54) is 16.7 Å². The first kappa shape index (κ1) is 21.1. The summed E-state index contributed by atoms with van der Waals surface area (Å²) in [6, 6.07) is 6.52. The molecular formula is C29H35N3O3. The van der Waals surface area contributed by atoms with Crippen LogP contribution >= 0.6 is 0 Å². The molecule has 0 radical (unpaired) electrons. The number of aromatic amines is 1. The van der Waals surface area contributed by atoms with Gasteiger partial charge >= 0.3 is 0 Å². The third kappa shape index (κ3) is 2.22. The summed E-state index contributed by atoms with van der Waals surface area (Å²) < 4.78 is 7.43. The topological polar surface area (TPSA) is 81.6 Å². The monoisotopic (exact) mass is 473 g/mol. The molecule has 1 aromatic carbocycles. The fourth-order valence-corrected chi connectivity index (χ4v) is 9.73. The second kappa shape index (κ2) is 6.28. The first-order valence-electron chi connectivity index (χ1n) is 13.3. The lowest BCUT2D eigenvalue weighted by Crippen LogP contribution is -2.67. The number of H-pyrrole nitrogens is 1. The van der Waals surface area contributed by atoms with Crippen molar-refractivity contribution in [2.45, 2.75) is 74.9 Å². The van der Waals surface area contributed by atoms with Gasteiger partial charge < -0.3 is 24.8 Å². The summed E-state index contributed by atoms with van der Waals surface area (Å²) in [5, 5.41) is 22.6. The zero-order chi connectivity index (χ0) is 24.0. The Morgan fingerprint density at radius 2 is 2.00 bits per heavy atom. The average molecular weight is 474 g/mol. The largest absolute Gasteiger partial charge is 0.390 e. The average Bonchev–Trinajstić information content (AvgIpc) is 3.11. The van der Waals surface area contributed by atoms with Crippen LogP contribution in [0.15, 0.2) is 42.3 Å². The number of fused-ring (bicyclic) bond motifs is 3. The smallest absolute Gasteiger partial charge is 0.0961 e. The van der Waals surface area contributed by atoms with Crippen LogP contribution in [0.4, 0.5) is 0 Å². The van der Waals surface area contributed by atoms with E-state index >= 15 is 0 Å². The van der Waals surface area contributed by atoms with Crippen molar-refractivity contribution in [3.05, 3.63) is 47.8 Å². The minimum absolute atomic E-state index is 0.0192. The van der Waals surface area contributed by atoms with Crippen molar-refractivity contribution in [3.8, 4) is 0 Å². The number of aromatic nitrogens is 2. The number of nitrogens with one attached hydrogen (secondary N) is 1. The van der Waals surface area contributed by atoms with Crippen LogP contribution in [0, 0.1) is 22.7 Å². The minimum atomic E-state index is -0.725. The molecule has 3 spiro atoms. The predicted molar refractivity (Wildman–Crippen MR) is 133 cm³/mol. The van der Waals surface area contributed by atoms with Gasteiger partial charge in [-0.15, -0.1) is 0 Å². The van der Waals surface area contributed by atoms with E-state index in [0.29, 0.717) is 11.8 Å². The molecule has 6 heteroatoms. The zero-order valence-electron chi connectivity index (χ0n) is 20.8. The van der Waals surface area contributed by atoms with Crippen LogP contribution in [0.3, 0.4) is 0 Å². The Bertz CT molecular complexity index is 1330. The summed E-state index contributed by atoms with van der Waals surface area (Å²) in [6.07, 6.45) is 11.1. The van der Waals surface area contributed by atoms with Gasteiger partial charge in [-0.05, 0) is 87.4 Å². The summed E-state index contributed by atoms with van der Waals surface area (Å²) >= 11 is 0. The number of imidazole rings is 1. The third-order valence-corrected chi connectivity index (χ3v) is 11.4. The number of rotatable bonds is 2.